The molecule has 0 aliphatic carbocycles. The van der Waals surface area contributed by atoms with Crippen molar-refractivity contribution in [2.45, 2.75) is 31.1 Å². The van der Waals surface area contributed by atoms with Crippen LogP contribution in [0, 0.1) is 0 Å². The molecule has 0 saturated carbocycles. The molecule has 0 bridgehead atoms. The van der Waals surface area contributed by atoms with Crippen LogP contribution >= 0.6 is 0 Å². The summed E-state index contributed by atoms with van der Waals surface area (Å²) in [6.07, 6.45) is 1.21. The molecule has 0 atom stereocenters. The molecule has 1 rings (SSSR count). The maximum Gasteiger partial charge on any atom is 0.175 e. The van der Waals surface area contributed by atoms with E-state index in [2.05, 4.69) is 0 Å². The third-order valence-corrected chi connectivity index (χ3v) is 3.52. The lowest BCUT2D eigenvalue weighted by Crippen LogP contribution is -2.14. The molecule has 0 heterocycles. The molecular weight excluding hydrogens is 224 g/mol. The van der Waals surface area contributed by atoms with Crippen molar-refractivity contribution < 1.29 is 13.2 Å². The third kappa shape index (κ3) is 2.76. The molecule has 90 valence electrons. The smallest absolute Gasteiger partial charge is 0.175 e. The van der Waals surface area contributed by atoms with Gasteiger partial charge in [-0.2, -0.15) is 0 Å². The first-order valence-electron chi connectivity index (χ1n) is 5.05. The number of rotatable bonds is 2. The Morgan fingerprint density at radius 2 is 1.75 bits per heavy atom. The summed E-state index contributed by atoms with van der Waals surface area (Å²) < 4.78 is 28.2. The Labute approximate surface area is 97.4 Å². The summed E-state index contributed by atoms with van der Waals surface area (Å²) >= 11 is 0. The van der Waals surface area contributed by atoms with E-state index in [4.69, 9.17) is 4.74 Å². The van der Waals surface area contributed by atoms with Gasteiger partial charge >= 0.3 is 0 Å². The first-order valence-corrected chi connectivity index (χ1v) is 6.94. The van der Waals surface area contributed by atoms with Crippen LogP contribution in [0.2, 0.25) is 0 Å². The molecule has 0 N–H and O–H groups in total. The number of sulfone groups is 1. The summed E-state index contributed by atoms with van der Waals surface area (Å²) in [4.78, 5) is 0.332. The van der Waals surface area contributed by atoms with Crippen LogP contribution in [-0.2, 0) is 15.3 Å². The average Bonchev–Trinajstić information content (AvgIpc) is 2.14. The minimum Gasteiger partial charge on any atom is -0.496 e. The molecule has 0 unspecified atom stereocenters. The number of methoxy groups -OCH3 is 1. The second-order valence-corrected chi connectivity index (χ2v) is 6.90. The zero-order valence-corrected chi connectivity index (χ0v) is 11.2. The van der Waals surface area contributed by atoms with Gasteiger partial charge in [0.25, 0.3) is 0 Å². The van der Waals surface area contributed by atoms with E-state index in [1.165, 1.54) is 6.26 Å². The van der Waals surface area contributed by atoms with E-state index < -0.39 is 9.84 Å². The fourth-order valence-corrected chi connectivity index (χ4v) is 2.15. The normalized spacial score (nSPS) is 12.6. The van der Waals surface area contributed by atoms with E-state index in [1.807, 2.05) is 20.8 Å². The fourth-order valence-electron chi connectivity index (χ4n) is 1.50. The van der Waals surface area contributed by atoms with E-state index in [0.717, 1.165) is 11.3 Å². The van der Waals surface area contributed by atoms with Gasteiger partial charge in [0.2, 0.25) is 0 Å². The number of hydrogen-bond donors (Lipinski definition) is 0. The van der Waals surface area contributed by atoms with Gasteiger partial charge in [0.05, 0.1) is 12.0 Å². The van der Waals surface area contributed by atoms with Crippen LogP contribution in [0.1, 0.15) is 26.3 Å². The summed E-state index contributed by atoms with van der Waals surface area (Å²) in [5.41, 5.74) is 0.754. The van der Waals surface area contributed by atoms with Crippen molar-refractivity contribution in [3.63, 3.8) is 0 Å². The first kappa shape index (κ1) is 13.0. The molecule has 16 heavy (non-hydrogen) atoms. The summed E-state index contributed by atoms with van der Waals surface area (Å²) in [5, 5.41) is 0. The maximum atomic E-state index is 11.5. The van der Waals surface area contributed by atoms with Crippen LogP contribution in [0.5, 0.6) is 5.75 Å². The Morgan fingerprint density at radius 3 is 2.12 bits per heavy atom. The van der Waals surface area contributed by atoms with Gasteiger partial charge in [-0.25, -0.2) is 8.42 Å². The minimum atomic E-state index is -3.17. The molecule has 4 heteroatoms. The molecule has 0 aliphatic heterocycles. The second kappa shape index (κ2) is 4.09. The van der Waals surface area contributed by atoms with Crippen molar-refractivity contribution in [2.24, 2.45) is 0 Å². The second-order valence-electron chi connectivity index (χ2n) is 4.88. The van der Waals surface area contributed by atoms with Crippen LogP contribution in [0.15, 0.2) is 23.1 Å². The summed E-state index contributed by atoms with van der Waals surface area (Å²) in [5.74, 6) is 0.722. The van der Waals surface area contributed by atoms with E-state index in [-0.39, 0.29) is 5.41 Å². The van der Waals surface area contributed by atoms with Crippen LogP contribution in [0.3, 0.4) is 0 Å². The molecule has 0 spiro atoms. The topological polar surface area (TPSA) is 43.4 Å². The van der Waals surface area contributed by atoms with Crippen molar-refractivity contribution in [3.8, 4) is 5.75 Å². The molecule has 0 fully saturated rings. The largest absolute Gasteiger partial charge is 0.496 e. The Bertz CT molecular complexity index is 481. The molecule has 0 aromatic heterocycles. The van der Waals surface area contributed by atoms with Crippen LogP contribution < -0.4 is 4.74 Å². The molecule has 0 amide bonds. The van der Waals surface area contributed by atoms with E-state index >= 15 is 0 Å². The van der Waals surface area contributed by atoms with Crippen LogP contribution in [0.25, 0.3) is 0 Å². The average molecular weight is 242 g/mol. The lowest BCUT2D eigenvalue weighted by molar-refractivity contribution is 0.397. The van der Waals surface area contributed by atoms with Crippen molar-refractivity contribution in [1.82, 2.24) is 0 Å². The minimum absolute atomic E-state index is 0.147. The molecule has 0 aliphatic rings. The quantitative estimate of drug-likeness (QED) is 0.799. The molecular formula is C12H18O3S. The number of benzene rings is 1. The zero-order valence-electron chi connectivity index (χ0n) is 10.4. The highest BCUT2D eigenvalue weighted by atomic mass is 32.2. The molecule has 1 aromatic rings. The van der Waals surface area contributed by atoms with Crippen molar-refractivity contribution in [3.05, 3.63) is 23.8 Å². The Kier molecular flexibility index (Phi) is 3.33. The molecule has 1 aromatic carbocycles. The van der Waals surface area contributed by atoms with Crippen molar-refractivity contribution in [1.29, 1.82) is 0 Å². The van der Waals surface area contributed by atoms with Crippen LogP contribution in [0.4, 0.5) is 0 Å². The van der Waals surface area contributed by atoms with Gasteiger partial charge in [-0.3, -0.25) is 0 Å². The predicted molar refractivity (Wildman–Crippen MR) is 64.8 cm³/mol. The Hall–Kier alpha value is -1.03. The Morgan fingerprint density at radius 1 is 1.19 bits per heavy atom. The van der Waals surface area contributed by atoms with Gasteiger partial charge in [-0.15, -0.1) is 0 Å². The standard InChI is InChI=1S/C12H18O3S/c1-12(2,3)10-8-9(16(5,13)14)6-7-11(10)15-4/h6-8H,1-5H3. The highest BCUT2D eigenvalue weighted by Gasteiger charge is 2.21. The van der Waals surface area contributed by atoms with Gasteiger partial charge in [0, 0.05) is 11.8 Å². The van der Waals surface area contributed by atoms with Gasteiger partial charge < -0.3 is 4.74 Å². The monoisotopic (exact) mass is 242 g/mol. The van der Waals surface area contributed by atoms with Crippen LogP contribution in [-0.4, -0.2) is 21.8 Å². The highest BCUT2D eigenvalue weighted by Crippen LogP contribution is 2.32. The predicted octanol–water partition coefficient (Wildman–Crippen LogP) is 2.40. The van der Waals surface area contributed by atoms with Gasteiger partial charge in [0.1, 0.15) is 5.75 Å². The van der Waals surface area contributed by atoms with Gasteiger partial charge in [-0.1, -0.05) is 20.8 Å². The summed E-state index contributed by atoms with van der Waals surface area (Å²) in [7, 11) is -1.58. The Balaban J connectivity index is 3.45. The molecule has 0 saturated heterocycles. The first-order chi connectivity index (χ1) is 7.16. The zero-order chi connectivity index (χ0) is 12.6. The maximum absolute atomic E-state index is 11.5. The van der Waals surface area contributed by atoms with E-state index in [9.17, 15) is 8.42 Å². The summed E-state index contributed by atoms with van der Waals surface area (Å²) in [6, 6.07) is 4.97. The van der Waals surface area contributed by atoms with Gasteiger partial charge in [-0.05, 0) is 23.6 Å². The molecule has 3 nitrogen and oxygen atoms in total. The molecule has 0 radical (unpaired) electrons. The summed E-state index contributed by atoms with van der Waals surface area (Å²) in [6.45, 7) is 6.07. The number of hydrogen-bond acceptors (Lipinski definition) is 3. The van der Waals surface area contributed by atoms with E-state index in [1.54, 1.807) is 25.3 Å². The lowest BCUT2D eigenvalue weighted by atomic mass is 9.86. The lowest BCUT2D eigenvalue weighted by Gasteiger charge is -2.22. The fraction of sp³-hybridized carbons (Fsp3) is 0.500. The van der Waals surface area contributed by atoms with E-state index in [0.29, 0.717) is 4.90 Å². The van der Waals surface area contributed by atoms with Gasteiger partial charge in [0.15, 0.2) is 9.84 Å². The number of ether oxygens (including phenoxy) is 1. The van der Waals surface area contributed by atoms with Crippen molar-refractivity contribution in [2.75, 3.05) is 13.4 Å². The highest BCUT2D eigenvalue weighted by molar-refractivity contribution is 7.90. The van der Waals surface area contributed by atoms with Crippen molar-refractivity contribution >= 4 is 9.84 Å². The third-order valence-electron chi connectivity index (χ3n) is 2.41. The SMILES string of the molecule is COc1ccc(S(C)(=O)=O)cc1C(C)(C)C.